The Morgan fingerprint density at radius 3 is 2.32 bits per heavy atom. The summed E-state index contributed by atoms with van der Waals surface area (Å²) in [5.41, 5.74) is 11.7. The molecular weight excluding hydrogens is 344 g/mol. The van der Waals surface area contributed by atoms with Gasteiger partial charge < -0.3 is 16.0 Å². The van der Waals surface area contributed by atoms with Crippen molar-refractivity contribution in [2.75, 3.05) is 19.6 Å². The maximum atomic E-state index is 6.56. The lowest BCUT2D eigenvalue weighted by molar-refractivity contribution is 0.328. The first-order chi connectivity index (χ1) is 13.7. The van der Waals surface area contributed by atoms with Crippen LogP contribution in [0.25, 0.3) is 0 Å². The minimum Gasteiger partial charge on any atom is -0.369 e. The molecule has 146 valence electrons. The standard InChI is InChI=1S/C24H30N4/c1-18-22(20-12-15-26-16-13-20)27-24(25)28(17-14-19-8-4-2-5-9-19)23(18)21-10-6-3-7-11-21/h2-11,20,23,26H,12-17H2,1H3,(H2,25,27). The second-order valence-corrected chi connectivity index (χ2v) is 7.80. The Morgan fingerprint density at radius 1 is 1.00 bits per heavy atom. The summed E-state index contributed by atoms with van der Waals surface area (Å²) in [5, 5.41) is 3.46. The fraction of sp³-hybridized carbons (Fsp3) is 0.375. The molecular formula is C24H30N4. The molecule has 2 aromatic rings. The van der Waals surface area contributed by atoms with Crippen molar-refractivity contribution in [2.45, 2.75) is 32.2 Å². The Morgan fingerprint density at radius 2 is 1.64 bits per heavy atom. The lowest BCUT2D eigenvalue weighted by Gasteiger charge is -2.39. The topological polar surface area (TPSA) is 53.6 Å². The highest BCUT2D eigenvalue weighted by molar-refractivity contribution is 5.81. The van der Waals surface area contributed by atoms with Gasteiger partial charge in [-0.3, -0.25) is 0 Å². The van der Waals surface area contributed by atoms with Gasteiger partial charge in [0.1, 0.15) is 0 Å². The van der Waals surface area contributed by atoms with E-state index in [0.717, 1.165) is 38.9 Å². The van der Waals surface area contributed by atoms with Crippen LogP contribution in [0.15, 0.2) is 76.9 Å². The van der Waals surface area contributed by atoms with Crippen LogP contribution in [0.2, 0.25) is 0 Å². The molecule has 0 aromatic heterocycles. The number of nitrogens with two attached hydrogens (primary N) is 1. The van der Waals surface area contributed by atoms with Crippen molar-refractivity contribution in [3.63, 3.8) is 0 Å². The lowest BCUT2D eigenvalue weighted by Crippen LogP contribution is -2.45. The van der Waals surface area contributed by atoms with Crippen LogP contribution in [-0.4, -0.2) is 30.5 Å². The molecule has 1 unspecified atom stereocenters. The SMILES string of the molecule is CC1=C(C2CCNCC2)N=C(N)N(CCc2ccccc2)C1c1ccccc1. The molecule has 0 bridgehead atoms. The summed E-state index contributed by atoms with van der Waals surface area (Å²) in [6.07, 6.45) is 3.22. The van der Waals surface area contributed by atoms with E-state index in [-0.39, 0.29) is 6.04 Å². The summed E-state index contributed by atoms with van der Waals surface area (Å²) < 4.78 is 0. The van der Waals surface area contributed by atoms with Gasteiger partial charge in [0.25, 0.3) is 0 Å². The van der Waals surface area contributed by atoms with Gasteiger partial charge >= 0.3 is 0 Å². The number of benzene rings is 2. The Bertz CT molecular complexity index is 835. The lowest BCUT2D eigenvalue weighted by atomic mass is 9.86. The van der Waals surface area contributed by atoms with E-state index < -0.39 is 0 Å². The zero-order chi connectivity index (χ0) is 19.3. The third kappa shape index (κ3) is 3.97. The van der Waals surface area contributed by atoms with Gasteiger partial charge in [0.2, 0.25) is 0 Å². The first-order valence-electron chi connectivity index (χ1n) is 10.3. The molecule has 2 aromatic carbocycles. The highest BCUT2D eigenvalue weighted by Crippen LogP contribution is 2.38. The predicted octanol–water partition coefficient (Wildman–Crippen LogP) is 3.87. The average Bonchev–Trinajstić information content (AvgIpc) is 2.76. The first-order valence-corrected chi connectivity index (χ1v) is 10.3. The van der Waals surface area contributed by atoms with Gasteiger partial charge in [-0.05, 0) is 56.0 Å². The number of nitrogens with zero attached hydrogens (tertiary/aromatic N) is 2. The quantitative estimate of drug-likeness (QED) is 0.835. The van der Waals surface area contributed by atoms with Crippen molar-refractivity contribution in [3.05, 3.63) is 83.1 Å². The third-order valence-corrected chi connectivity index (χ3v) is 5.98. The molecule has 2 heterocycles. The fourth-order valence-electron chi connectivity index (χ4n) is 4.49. The maximum absolute atomic E-state index is 6.56. The van der Waals surface area contributed by atoms with E-state index in [1.54, 1.807) is 0 Å². The molecule has 0 aliphatic carbocycles. The van der Waals surface area contributed by atoms with E-state index in [1.165, 1.54) is 22.4 Å². The van der Waals surface area contributed by atoms with Crippen LogP contribution >= 0.6 is 0 Å². The summed E-state index contributed by atoms with van der Waals surface area (Å²) in [7, 11) is 0. The van der Waals surface area contributed by atoms with E-state index >= 15 is 0 Å². The van der Waals surface area contributed by atoms with Crippen molar-refractivity contribution < 1.29 is 0 Å². The highest BCUT2D eigenvalue weighted by atomic mass is 15.3. The summed E-state index contributed by atoms with van der Waals surface area (Å²) in [4.78, 5) is 7.21. The molecule has 0 saturated carbocycles. The molecule has 4 nitrogen and oxygen atoms in total. The van der Waals surface area contributed by atoms with Crippen LogP contribution in [0.5, 0.6) is 0 Å². The minimum absolute atomic E-state index is 0.160. The van der Waals surface area contributed by atoms with Crippen molar-refractivity contribution in [3.8, 4) is 0 Å². The number of piperidine rings is 1. The molecule has 28 heavy (non-hydrogen) atoms. The Balaban J connectivity index is 1.65. The van der Waals surface area contributed by atoms with Gasteiger partial charge in [-0.15, -0.1) is 0 Å². The Labute approximate surface area is 168 Å². The van der Waals surface area contributed by atoms with Crippen LogP contribution in [0.4, 0.5) is 0 Å². The molecule has 4 rings (SSSR count). The number of hydrogen-bond acceptors (Lipinski definition) is 4. The fourth-order valence-corrected chi connectivity index (χ4v) is 4.49. The van der Waals surface area contributed by atoms with Gasteiger partial charge in [-0.1, -0.05) is 60.7 Å². The van der Waals surface area contributed by atoms with Crippen LogP contribution in [0.3, 0.4) is 0 Å². The van der Waals surface area contributed by atoms with E-state index in [9.17, 15) is 0 Å². The zero-order valence-corrected chi connectivity index (χ0v) is 16.6. The number of aliphatic imine (C=N–C) groups is 1. The largest absolute Gasteiger partial charge is 0.369 e. The second kappa shape index (κ2) is 8.61. The van der Waals surface area contributed by atoms with Crippen LogP contribution in [0.1, 0.15) is 36.9 Å². The van der Waals surface area contributed by atoms with Gasteiger partial charge in [0.05, 0.1) is 6.04 Å². The van der Waals surface area contributed by atoms with Gasteiger partial charge in [-0.25, -0.2) is 4.99 Å². The molecule has 0 amide bonds. The Hall–Kier alpha value is -2.59. The first kappa shape index (κ1) is 18.8. The molecule has 2 aliphatic heterocycles. The maximum Gasteiger partial charge on any atom is 0.196 e. The molecule has 3 N–H and O–H groups in total. The molecule has 0 radical (unpaired) electrons. The third-order valence-electron chi connectivity index (χ3n) is 5.98. The predicted molar refractivity (Wildman–Crippen MR) is 116 cm³/mol. The molecule has 2 aliphatic rings. The molecule has 0 spiro atoms. The summed E-state index contributed by atoms with van der Waals surface area (Å²) in [5.74, 6) is 1.16. The molecule has 4 heteroatoms. The Kier molecular flexibility index (Phi) is 5.77. The van der Waals surface area contributed by atoms with E-state index in [0.29, 0.717) is 11.9 Å². The van der Waals surface area contributed by atoms with Crippen LogP contribution in [-0.2, 0) is 6.42 Å². The van der Waals surface area contributed by atoms with Gasteiger partial charge in [0, 0.05) is 18.2 Å². The smallest absolute Gasteiger partial charge is 0.196 e. The van der Waals surface area contributed by atoms with Gasteiger partial charge in [-0.2, -0.15) is 0 Å². The number of nitrogens with one attached hydrogen (secondary N) is 1. The number of guanidine groups is 1. The molecule has 1 fully saturated rings. The minimum atomic E-state index is 0.160. The van der Waals surface area contributed by atoms with Crippen molar-refractivity contribution in [2.24, 2.45) is 16.6 Å². The summed E-state index contributed by atoms with van der Waals surface area (Å²) in [6.45, 7) is 5.23. The van der Waals surface area contributed by atoms with Crippen LogP contribution < -0.4 is 11.1 Å². The second-order valence-electron chi connectivity index (χ2n) is 7.80. The molecule has 1 atom stereocenters. The number of hydrogen-bond donors (Lipinski definition) is 2. The van der Waals surface area contributed by atoms with Crippen molar-refractivity contribution in [1.82, 2.24) is 10.2 Å². The summed E-state index contributed by atoms with van der Waals surface area (Å²) >= 11 is 0. The summed E-state index contributed by atoms with van der Waals surface area (Å²) in [6, 6.07) is 21.5. The zero-order valence-electron chi connectivity index (χ0n) is 16.6. The number of allylic oxidation sites excluding steroid dienone is 1. The van der Waals surface area contributed by atoms with E-state index in [4.69, 9.17) is 10.7 Å². The van der Waals surface area contributed by atoms with Crippen LogP contribution in [0, 0.1) is 5.92 Å². The average molecular weight is 375 g/mol. The van der Waals surface area contributed by atoms with E-state index in [1.807, 2.05) is 0 Å². The van der Waals surface area contributed by atoms with Crippen molar-refractivity contribution >= 4 is 5.96 Å². The number of rotatable bonds is 5. The molecule has 1 saturated heterocycles. The highest BCUT2D eigenvalue weighted by Gasteiger charge is 2.32. The monoisotopic (exact) mass is 374 g/mol. The van der Waals surface area contributed by atoms with Gasteiger partial charge in [0.15, 0.2) is 5.96 Å². The van der Waals surface area contributed by atoms with E-state index in [2.05, 4.69) is 77.8 Å². The van der Waals surface area contributed by atoms with Crippen molar-refractivity contribution in [1.29, 1.82) is 0 Å². The normalized spacial score (nSPS) is 21.0.